The van der Waals surface area contributed by atoms with Crippen molar-refractivity contribution in [1.82, 2.24) is 0 Å². The van der Waals surface area contributed by atoms with E-state index in [4.69, 9.17) is 19.2 Å². The SMILES string of the molecule is c1ccc(C2=NCC3COCCN3c3cc4c(cc32)OCO4)cc1. The van der Waals surface area contributed by atoms with Crippen LogP contribution in [0, 0.1) is 0 Å². The predicted molar refractivity (Wildman–Crippen MR) is 91.5 cm³/mol. The first-order valence-corrected chi connectivity index (χ1v) is 8.28. The van der Waals surface area contributed by atoms with Crippen molar-refractivity contribution in [3.05, 3.63) is 53.6 Å². The van der Waals surface area contributed by atoms with Crippen molar-refractivity contribution in [3.63, 3.8) is 0 Å². The second kappa shape index (κ2) is 5.53. The molecule has 3 aliphatic rings. The van der Waals surface area contributed by atoms with Gasteiger partial charge in [0, 0.05) is 23.7 Å². The third kappa shape index (κ3) is 2.16. The highest BCUT2D eigenvalue weighted by Gasteiger charge is 2.31. The molecular formula is C19H18N2O3. The normalized spacial score (nSPS) is 21.6. The summed E-state index contributed by atoms with van der Waals surface area (Å²) in [4.78, 5) is 7.35. The molecule has 0 radical (unpaired) electrons. The topological polar surface area (TPSA) is 43.3 Å². The van der Waals surface area contributed by atoms with Crippen molar-refractivity contribution >= 4 is 11.4 Å². The van der Waals surface area contributed by atoms with E-state index in [2.05, 4.69) is 29.2 Å². The Hall–Kier alpha value is -2.53. The van der Waals surface area contributed by atoms with Crippen molar-refractivity contribution < 1.29 is 14.2 Å². The summed E-state index contributed by atoms with van der Waals surface area (Å²) >= 11 is 0. The summed E-state index contributed by atoms with van der Waals surface area (Å²) in [5.74, 6) is 1.61. The average molecular weight is 322 g/mol. The highest BCUT2D eigenvalue weighted by molar-refractivity contribution is 6.16. The van der Waals surface area contributed by atoms with E-state index in [-0.39, 0.29) is 12.8 Å². The minimum Gasteiger partial charge on any atom is -0.454 e. The van der Waals surface area contributed by atoms with Crippen LogP contribution in [-0.4, -0.2) is 44.8 Å². The fraction of sp³-hybridized carbons (Fsp3) is 0.316. The Balaban J connectivity index is 1.71. The van der Waals surface area contributed by atoms with E-state index in [0.717, 1.165) is 53.7 Å². The first-order valence-electron chi connectivity index (χ1n) is 8.28. The molecule has 0 bridgehead atoms. The van der Waals surface area contributed by atoms with E-state index < -0.39 is 0 Å². The fourth-order valence-corrected chi connectivity index (χ4v) is 3.61. The Morgan fingerprint density at radius 1 is 1.04 bits per heavy atom. The summed E-state index contributed by atoms with van der Waals surface area (Å²) in [5, 5.41) is 0. The molecule has 2 aromatic carbocycles. The number of aliphatic imine (C=N–C) groups is 1. The molecule has 0 N–H and O–H groups in total. The summed E-state index contributed by atoms with van der Waals surface area (Å²) < 4.78 is 16.9. The molecule has 0 saturated carbocycles. The van der Waals surface area contributed by atoms with Gasteiger partial charge in [-0.25, -0.2) is 0 Å². The number of hydrogen-bond donors (Lipinski definition) is 0. The zero-order valence-corrected chi connectivity index (χ0v) is 13.3. The van der Waals surface area contributed by atoms with Gasteiger partial charge < -0.3 is 19.1 Å². The monoisotopic (exact) mass is 322 g/mol. The smallest absolute Gasteiger partial charge is 0.231 e. The van der Waals surface area contributed by atoms with Gasteiger partial charge in [-0.15, -0.1) is 0 Å². The standard InChI is InChI=1S/C19H18N2O3/c1-2-4-13(5-3-1)19-15-8-17-18(24-12-23-17)9-16(15)21-6-7-22-11-14(21)10-20-19/h1-5,8-9,14H,6-7,10-12H2. The third-order valence-electron chi connectivity index (χ3n) is 4.79. The second-order valence-corrected chi connectivity index (χ2v) is 6.20. The highest BCUT2D eigenvalue weighted by atomic mass is 16.7. The molecule has 1 atom stereocenters. The quantitative estimate of drug-likeness (QED) is 0.809. The molecule has 3 heterocycles. The molecule has 1 saturated heterocycles. The number of ether oxygens (including phenoxy) is 3. The molecule has 2 aromatic rings. The van der Waals surface area contributed by atoms with Gasteiger partial charge in [0.1, 0.15) is 0 Å². The zero-order chi connectivity index (χ0) is 15.9. The van der Waals surface area contributed by atoms with Crippen molar-refractivity contribution in [3.8, 4) is 11.5 Å². The van der Waals surface area contributed by atoms with Crippen LogP contribution >= 0.6 is 0 Å². The summed E-state index contributed by atoms with van der Waals surface area (Å²) in [6, 6.07) is 14.8. The molecule has 0 amide bonds. The number of fused-ring (bicyclic) bond motifs is 4. The van der Waals surface area contributed by atoms with Gasteiger partial charge in [-0.2, -0.15) is 0 Å². The van der Waals surface area contributed by atoms with Crippen LogP contribution in [0.15, 0.2) is 47.5 Å². The Labute approximate surface area is 140 Å². The Kier molecular flexibility index (Phi) is 3.19. The number of rotatable bonds is 1. The van der Waals surface area contributed by atoms with Gasteiger partial charge in [-0.3, -0.25) is 4.99 Å². The van der Waals surface area contributed by atoms with Crippen LogP contribution in [0.4, 0.5) is 5.69 Å². The molecule has 0 spiro atoms. The van der Waals surface area contributed by atoms with Crippen LogP contribution < -0.4 is 14.4 Å². The molecule has 0 aliphatic carbocycles. The molecular weight excluding hydrogens is 304 g/mol. The lowest BCUT2D eigenvalue weighted by Crippen LogP contribution is -2.47. The van der Waals surface area contributed by atoms with Gasteiger partial charge in [0.05, 0.1) is 37.2 Å². The number of morpholine rings is 1. The van der Waals surface area contributed by atoms with Gasteiger partial charge in [-0.05, 0) is 6.07 Å². The van der Waals surface area contributed by atoms with Crippen molar-refractivity contribution in [2.45, 2.75) is 6.04 Å². The maximum atomic E-state index is 5.68. The fourth-order valence-electron chi connectivity index (χ4n) is 3.61. The van der Waals surface area contributed by atoms with Crippen LogP contribution in [0.3, 0.4) is 0 Å². The van der Waals surface area contributed by atoms with E-state index in [0.29, 0.717) is 6.61 Å². The van der Waals surface area contributed by atoms with Gasteiger partial charge in [0.25, 0.3) is 0 Å². The van der Waals surface area contributed by atoms with Crippen LogP contribution in [0.1, 0.15) is 11.1 Å². The molecule has 3 aliphatic heterocycles. The van der Waals surface area contributed by atoms with Crippen molar-refractivity contribution in [2.75, 3.05) is 38.0 Å². The van der Waals surface area contributed by atoms with Crippen LogP contribution in [0.2, 0.25) is 0 Å². The van der Waals surface area contributed by atoms with Crippen LogP contribution in [0.5, 0.6) is 11.5 Å². The molecule has 1 fully saturated rings. The van der Waals surface area contributed by atoms with E-state index in [1.807, 2.05) is 18.2 Å². The first-order chi connectivity index (χ1) is 11.9. The molecule has 1 unspecified atom stereocenters. The first kappa shape index (κ1) is 13.9. The lowest BCUT2D eigenvalue weighted by Gasteiger charge is -2.36. The van der Waals surface area contributed by atoms with E-state index in [1.54, 1.807) is 0 Å². The zero-order valence-electron chi connectivity index (χ0n) is 13.3. The lowest BCUT2D eigenvalue weighted by atomic mass is 9.99. The maximum absolute atomic E-state index is 5.68. The van der Waals surface area contributed by atoms with E-state index in [1.165, 1.54) is 0 Å². The van der Waals surface area contributed by atoms with Gasteiger partial charge in [0.2, 0.25) is 6.79 Å². The van der Waals surface area contributed by atoms with Crippen molar-refractivity contribution in [2.24, 2.45) is 4.99 Å². The van der Waals surface area contributed by atoms with Gasteiger partial charge >= 0.3 is 0 Å². The van der Waals surface area contributed by atoms with Gasteiger partial charge in [-0.1, -0.05) is 30.3 Å². The van der Waals surface area contributed by atoms with E-state index in [9.17, 15) is 0 Å². The molecule has 5 nitrogen and oxygen atoms in total. The maximum Gasteiger partial charge on any atom is 0.231 e. The third-order valence-corrected chi connectivity index (χ3v) is 4.79. The highest BCUT2D eigenvalue weighted by Crippen LogP contribution is 2.41. The summed E-state index contributed by atoms with van der Waals surface area (Å²) in [6.45, 7) is 3.33. The van der Waals surface area contributed by atoms with E-state index >= 15 is 0 Å². The van der Waals surface area contributed by atoms with Crippen molar-refractivity contribution in [1.29, 1.82) is 0 Å². The van der Waals surface area contributed by atoms with Crippen LogP contribution in [-0.2, 0) is 4.74 Å². The Morgan fingerprint density at radius 3 is 2.75 bits per heavy atom. The summed E-state index contributed by atoms with van der Waals surface area (Å²) in [5.41, 5.74) is 4.40. The number of anilines is 1. The largest absolute Gasteiger partial charge is 0.454 e. The minimum atomic E-state index is 0.263. The average Bonchev–Trinajstić information content (AvgIpc) is 3.03. The Bertz CT molecular complexity index is 804. The Morgan fingerprint density at radius 2 is 1.88 bits per heavy atom. The second-order valence-electron chi connectivity index (χ2n) is 6.20. The summed E-state index contributed by atoms with van der Waals surface area (Å²) in [7, 11) is 0. The van der Waals surface area contributed by atoms with Gasteiger partial charge in [0.15, 0.2) is 11.5 Å². The summed E-state index contributed by atoms with van der Waals surface area (Å²) in [6.07, 6.45) is 0. The minimum absolute atomic E-state index is 0.263. The molecule has 5 heteroatoms. The number of nitrogens with zero attached hydrogens (tertiary/aromatic N) is 2. The lowest BCUT2D eigenvalue weighted by molar-refractivity contribution is 0.0966. The van der Waals surface area contributed by atoms with Crippen LogP contribution in [0.25, 0.3) is 0 Å². The molecule has 122 valence electrons. The number of hydrogen-bond acceptors (Lipinski definition) is 5. The molecule has 0 aromatic heterocycles. The predicted octanol–water partition coefficient (Wildman–Crippen LogP) is 2.47. The number of benzene rings is 2. The molecule has 24 heavy (non-hydrogen) atoms. The molecule has 5 rings (SSSR count).